The zero-order valence-electron chi connectivity index (χ0n) is 11.2. The number of benzene rings is 1. The van der Waals surface area contributed by atoms with Gasteiger partial charge in [0.05, 0.1) is 0 Å². The second kappa shape index (κ2) is 6.21. The van der Waals surface area contributed by atoms with Crippen molar-refractivity contribution < 1.29 is 23.1 Å². The molecule has 0 saturated carbocycles. The van der Waals surface area contributed by atoms with Crippen LogP contribution >= 0.6 is 0 Å². The number of nitrogens with two attached hydrogens (primary N) is 1. The van der Waals surface area contributed by atoms with E-state index in [2.05, 4.69) is 5.16 Å². The normalized spacial score (nSPS) is 18.5. The molecule has 0 fully saturated rings. The molecule has 21 heavy (non-hydrogen) atoms. The van der Waals surface area contributed by atoms with Gasteiger partial charge in [-0.05, 0) is 6.07 Å². The first kappa shape index (κ1) is 15.4. The number of hydrogen-bond donors (Lipinski definition) is 2. The summed E-state index contributed by atoms with van der Waals surface area (Å²) >= 11 is 0. The predicted octanol–water partition coefficient (Wildman–Crippen LogP) is 1.81. The van der Waals surface area contributed by atoms with Crippen molar-refractivity contribution in [3.63, 3.8) is 0 Å². The van der Waals surface area contributed by atoms with E-state index in [9.17, 15) is 13.2 Å². The van der Waals surface area contributed by atoms with E-state index < -0.39 is 17.9 Å². The molecule has 116 valence electrons. The minimum Gasteiger partial charge on any atom is -0.492 e. The van der Waals surface area contributed by atoms with Crippen LogP contribution in [-0.4, -0.2) is 41.8 Å². The van der Waals surface area contributed by atoms with Gasteiger partial charge in [-0.1, -0.05) is 23.4 Å². The van der Waals surface area contributed by atoms with Crippen LogP contribution < -0.4 is 10.5 Å². The molecule has 0 aliphatic carbocycles. The van der Waals surface area contributed by atoms with Crippen molar-refractivity contribution in [2.24, 2.45) is 16.8 Å². The Morgan fingerprint density at radius 3 is 2.81 bits per heavy atom. The van der Waals surface area contributed by atoms with Gasteiger partial charge in [-0.2, -0.15) is 13.2 Å². The van der Waals surface area contributed by atoms with Gasteiger partial charge in [0, 0.05) is 25.2 Å². The van der Waals surface area contributed by atoms with Gasteiger partial charge in [0.2, 0.25) is 0 Å². The average Bonchev–Trinajstić information content (AvgIpc) is 2.64. The van der Waals surface area contributed by atoms with Crippen LogP contribution in [0.25, 0.3) is 0 Å². The second-order valence-corrected chi connectivity index (χ2v) is 4.81. The van der Waals surface area contributed by atoms with E-state index >= 15 is 0 Å². The van der Waals surface area contributed by atoms with Crippen LogP contribution in [0.2, 0.25) is 0 Å². The first-order valence-corrected chi connectivity index (χ1v) is 6.39. The van der Waals surface area contributed by atoms with E-state index in [4.69, 9.17) is 15.7 Å². The minimum atomic E-state index is -4.57. The highest BCUT2D eigenvalue weighted by Crippen LogP contribution is 2.29. The molecule has 0 amide bonds. The van der Waals surface area contributed by atoms with Gasteiger partial charge < -0.3 is 15.7 Å². The molecule has 1 aromatic rings. The number of ether oxygens (including phenoxy) is 1. The summed E-state index contributed by atoms with van der Waals surface area (Å²) < 4.78 is 44.4. The molecule has 0 aromatic heterocycles. The first-order valence-electron chi connectivity index (χ1n) is 6.39. The lowest BCUT2D eigenvalue weighted by atomic mass is 10.1. The molecular formula is C13H16F3N3O2. The molecule has 3 N–H and O–H groups in total. The van der Waals surface area contributed by atoms with E-state index in [1.54, 1.807) is 23.1 Å². The van der Waals surface area contributed by atoms with Gasteiger partial charge in [-0.3, -0.25) is 4.90 Å². The third-order valence-corrected chi connectivity index (χ3v) is 3.34. The lowest BCUT2D eigenvalue weighted by Gasteiger charge is -2.26. The fourth-order valence-corrected chi connectivity index (χ4v) is 2.23. The van der Waals surface area contributed by atoms with Crippen LogP contribution in [0, 0.1) is 5.92 Å². The third-order valence-electron chi connectivity index (χ3n) is 3.34. The quantitative estimate of drug-likeness (QED) is 0.387. The van der Waals surface area contributed by atoms with Crippen LogP contribution in [0.3, 0.4) is 0 Å². The SMILES string of the molecule is N/C(=N/O)C(CN1CCOc2ccccc2C1)C(F)(F)F. The van der Waals surface area contributed by atoms with Gasteiger partial charge in [0.15, 0.2) is 5.84 Å². The molecule has 8 heteroatoms. The Hall–Kier alpha value is -1.96. The topological polar surface area (TPSA) is 71.1 Å². The monoisotopic (exact) mass is 303 g/mol. The van der Waals surface area contributed by atoms with Crippen LogP contribution in [-0.2, 0) is 6.54 Å². The number of alkyl halides is 3. The van der Waals surface area contributed by atoms with Gasteiger partial charge >= 0.3 is 6.18 Å². The summed E-state index contributed by atoms with van der Waals surface area (Å²) in [5, 5.41) is 11.0. The molecule has 0 radical (unpaired) electrons. The van der Waals surface area contributed by atoms with E-state index in [1.165, 1.54) is 0 Å². The van der Waals surface area contributed by atoms with Crippen molar-refractivity contribution in [3.8, 4) is 5.75 Å². The van der Waals surface area contributed by atoms with Gasteiger partial charge in [0.25, 0.3) is 0 Å². The lowest BCUT2D eigenvalue weighted by Crippen LogP contribution is -2.44. The van der Waals surface area contributed by atoms with Crippen molar-refractivity contribution >= 4 is 5.84 Å². The summed E-state index contributed by atoms with van der Waals surface area (Å²) in [5.74, 6) is -2.17. The highest BCUT2D eigenvalue weighted by molar-refractivity contribution is 5.83. The first-order chi connectivity index (χ1) is 9.91. The van der Waals surface area contributed by atoms with Crippen molar-refractivity contribution in [1.29, 1.82) is 0 Å². The highest BCUT2D eigenvalue weighted by Gasteiger charge is 2.43. The Labute approximate surface area is 119 Å². The van der Waals surface area contributed by atoms with Crippen LogP contribution in [0.4, 0.5) is 13.2 Å². The minimum absolute atomic E-state index is 0.289. The Morgan fingerprint density at radius 1 is 1.43 bits per heavy atom. The zero-order valence-corrected chi connectivity index (χ0v) is 11.2. The standard InChI is InChI=1S/C13H16F3N3O2/c14-13(15,16)10(12(17)18-20)8-19-5-6-21-11-4-2-1-3-9(11)7-19/h1-4,10,20H,5-8H2,(H2,17,18). The maximum atomic E-state index is 13.0. The molecule has 1 aliphatic rings. The molecule has 2 rings (SSSR count). The second-order valence-electron chi connectivity index (χ2n) is 4.81. The lowest BCUT2D eigenvalue weighted by molar-refractivity contribution is -0.160. The summed E-state index contributed by atoms with van der Waals surface area (Å²) in [4.78, 5) is 1.59. The fourth-order valence-electron chi connectivity index (χ4n) is 2.23. The Morgan fingerprint density at radius 2 is 2.14 bits per heavy atom. The largest absolute Gasteiger partial charge is 0.492 e. The molecule has 0 bridgehead atoms. The molecule has 1 aliphatic heterocycles. The molecular weight excluding hydrogens is 287 g/mol. The number of amidine groups is 1. The van der Waals surface area contributed by atoms with E-state index in [-0.39, 0.29) is 13.2 Å². The molecule has 1 heterocycles. The summed E-state index contributed by atoms with van der Waals surface area (Å²) in [6.07, 6.45) is -4.57. The van der Waals surface area contributed by atoms with Crippen LogP contribution in [0.1, 0.15) is 5.56 Å². The number of oxime groups is 1. The van der Waals surface area contributed by atoms with Gasteiger partial charge in [0.1, 0.15) is 18.3 Å². The molecule has 0 saturated heterocycles. The Balaban J connectivity index is 2.15. The highest BCUT2D eigenvalue weighted by atomic mass is 19.4. The number of fused-ring (bicyclic) bond motifs is 1. The number of rotatable bonds is 3. The summed E-state index contributed by atoms with van der Waals surface area (Å²) in [6.45, 7) is 0.566. The van der Waals surface area contributed by atoms with Crippen molar-refractivity contribution in [2.45, 2.75) is 12.7 Å². The maximum absolute atomic E-state index is 13.0. The molecule has 1 aromatic carbocycles. The molecule has 1 unspecified atom stereocenters. The number of halogens is 3. The maximum Gasteiger partial charge on any atom is 0.400 e. The predicted molar refractivity (Wildman–Crippen MR) is 70.2 cm³/mol. The van der Waals surface area contributed by atoms with Crippen LogP contribution in [0.5, 0.6) is 5.75 Å². The van der Waals surface area contributed by atoms with E-state index in [1.807, 2.05) is 6.07 Å². The number of nitrogens with zero attached hydrogens (tertiary/aromatic N) is 2. The molecule has 0 spiro atoms. The molecule has 1 atom stereocenters. The Kier molecular flexibility index (Phi) is 4.56. The summed E-state index contributed by atoms with van der Waals surface area (Å²) in [6, 6.07) is 7.20. The van der Waals surface area contributed by atoms with Gasteiger partial charge in [-0.25, -0.2) is 0 Å². The van der Waals surface area contributed by atoms with Crippen molar-refractivity contribution in [3.05, 3.63) is 29.8 Å². The smallest absolute Gasteiger partial charge is 0.400 e. The fraction of sp³-hybridized carbons (Fsp3) is 0.462. The zero-order chi connectivity index (χ0) is 15.5. The Bertz CT molecular complexity index is 520. The van der Waals surface area contributed by atoms with E-state index in [0.717, 1.165) is 5.56 Å². The third kappa shape index (κ3) is 3.78. The van der Waals surface area contributed by atoms with Crippen molar-refractivity contribution in [2.75, 3.05) is 19.7 Å². The average molecular weight is 303 g/mol. The summed E-state index contributed by atoms with van der Waals surface area (Å²) in [5.41, 5.74) is 5.99. The van der Waals surface area contributed by atoms with Gasteiger partial charge in [-0.15, -0.1) is 0 Å². The summed E-state index contributed by atoms with van der Waals surface area (Å²) in [7, 11) is 0. The molecule has 5 nitrogen and oxygen atoms in total. The number of hydrogen-bond acceptors (Lipinski definition) is 4. The van der Waals surface area contributed by atoms with E-state index in [0.29, 0.717) is 18.8 Å². The van der Waals surface area contributed by atoms with Crippen LogP contribution in [0.15, 0.2) is 29.4 Å². The van der Waals surface area contributed by atoms with Crippen molar-refractivity contribution in [1.82, 2.24) is 4.90 Å². The number of para-hydroxylation sites is 1.